The highest BCUT2D eigenvalue weighted by Crippen LogP contribution is 2.46. The Labute approximate surface area is 212 Å². The van der Waals surface area contributed by atoms with E-state index in [1.807, 2.05) is 17.2 Å². The SMILES string of the molecule is CC1(C2=CCN(C(=O)Cc3cc[n+]([O-])cc3)CC2)c2ccc(Cl)cc2CCc2cc(Br)cnc21. The summed E-state index contributed by atoms with van der Waals surface area (Å²) in [7, 11) is 0. The van der Waals surface area contributed by atoms with E-state index in [-0.39, 0.29) is 11.3 Å². The molecule has 34 heavy (non-hydrogen) atoms. The first-order chi connectivity index (χ1) is 16.3. The molecule has 3 heterocycles. The van der Waals surface area contributed by atoms with Gasteiger partial charge in [0, 0.05) is 40.9 Å². The molecule has 2 aromatic heterocycles. The van der Waals surface area contributed by atoms with Crippen LogP contribution in [0.1, 0.15) is 41.3 Å². The number of nitrogens with zero attached hydrogens (tertiary/aromatic N) is 3. The number of fused-ring (bicyclic) bond motifs is 2. The Morgan fingerprint density at radius 1 is 1.18 bits per heavy atom. The Morgan fingerprint density at radius 2 is 1.94 bits per heavy atom. The highest BCUT2D eigenvalue weighted by Gasteiger charge is 2.40. The summed E-state index contributed by atoms with van der Waals surface area (Å²) in [5.41, 5.74) is 6.56. The highest BCUT2D eigenvalue weighted by molar-refractivity contribution is 9.10. The fourth-order valence-electron chi connectivity index (χ4n) is 5.30. The van der Waals surface area contributed by atoms with Crippen LogP contribution in [0.3, 0.4) is 0 Å². The summed E-state index contributed by atoms with van der Waals surface area (Å²) in [6.07, 6.45) is 9.82. The fourth-order valence-corrected chi connectivity index (χ4v) is 5.87. The predicted octanol–water partition coefficient (Wildman–Crippen LogP) is 4.94. The Hall–Kier alpha value is -2.70. The lowest BCUT2D eigenvalue weighted by Crippen LogP contribution is -2.40. The van der Waals surface area contributed by atoms with Gasteiger partial charge < -0.3 is 10.1 Å². The lowest BCUT2D eigenvalue weighted by molar-refractivity contribution is -0.605. The van der Waals surface area contributed by atoms with Gasteiger partial charge in [0.15, 0.2) is 12.4 Å². The fraction of sp³-hybridized carbons (Fsp3) is 0.296. The normalized spacial score (nSPS) is 19.6. The number of carbonyl (C=O) groups is 1. The van der Waals surface area contributed by atoms with Crippen molar-refractivity contribution in [3.8, 4) is 0 Å². The smallest absolute Gasteiger partial charge is 0.227 e. The molecule has 3 aromatic rings. The van der Waals surface area contributed by atoms with E-state index in [2.05, 4.69) is 47.1 Å². The highest BCUT2D eigenvalue weighted by atomic mass is 79.9. The second-order valence-electron chi connectivity index (χ2n) is 9.15. The number of aromatic nitrogens is 2. The van der Waals surface area contributed by atoms with Crippen LogP contribution in [0.5, 0.6) is 0 Å². The summed E-state index contributed by atoms with van der Waals surface area (Å²) in [5, 5.41) is 12.0. The number of pyridine rings is 2. The summed E-state index contributed by atoms with van der Waals surface area (Å²) in [6.45, 7) is 3.48. The van der Waals surface area contributed by atoms with E-state index in [4.69, 9.17) is 16.6 Å². The third kappa shape index (κ3) is 4.25. The summed E-state index contributed by atoms with van der Waals surface area (Å²) < 4.78 is 1.71. The number of benzene rings is 1. The predicted molar refractivity (Wildman–Crippen MR) is 136 cm³/mol. The van der Waals surface area contributed by atoms with Gasteiger partial charge in [-0.1, -0.05) is 29.3 Å². The average molecular weight is 539 g/mol. The van der Waals surface area contributed by atoms with Crippen molar-refractivity contribution in [3.05, 3.63) is 109 Å². The zero-order valence-electron chi connectivity index (χ0n) is 18.9. The van der Waals surface area contributed by atoms with Gasteiger partial charge in [0.2, 0.25) is 5.91 Å². The van der Waals surface area contributed by atoms with E-state index >= 15 is 0 Å². The molecule has 1 aliphatic carbocycles. The molecule has 1 aliphatic heterocycles. The van der Waals surface area contributed by atoms with Gasteiger partial charge in [-0.05, 0) is 82.6 Å². The number of carbonyl (C=O) groups excluding carboxylic acids is 1. The minimum atomic E-state index is -0.386. The molecule has 0 radical (unpaired) electrons. The lowest BCUT2D eigenvalue weighted by Gasteiger charge is -2.38. The summed E-state index contributed by atoms with van der Waals surface area (Å²) >= 11 is 9.96. The van der Waals surface area contributed by atoms with Gasteiger partial charge in [-0.25, -0.2) is 0 Å². The number of amides is 1. The van der Waals surface area contributed by atoms with E-state index in [0.29, 0.717) is 19.5 Å². The largest absolute Gasteiger partial charge is 0.619 e. The summed E-state index contributed by atoms with van der Waals surface area (Å²) in [6, 6.07) is 11.8. The monoisotopic (exact) mass is 537 g/mol. The van der Waals surface area contributed by atoms with Crippen LogP contribution in [-0.4, -0.2) is 28.9 Å². The Kier molecular flexibility index (Phi) is 6.21. The van der Waals surface area contributed by atoms with Crippen molar-refractivity contribution in [2.45, 2.75) is 38.0 Å². The minimum Gasteiger partial charge on any atom is -0.619 e. The molecule has 0 N–H and O–H groups in total. The Morgan fingerprint density at radius 3 is 2.68 bits per heavy atom. The van der Waals surface area contributed by atoms with Gasteiger partial charge >= 0.3 is 0 Å². The van der Waals surface area contributed by atoms with Crippen molar-refractivity contribution in [2.24, 2.45) is 0 Å². The van der Waals surface area contributed by atoms with E-state index in [9.17, 15) is 10.0 Å². The second kappa shape index (κ2) is 9.16. The molecular formula is C27H25BrClN3O2. The first-order valence-corrected chi connectivity index (χ1v) is 12.6. The molecule has 1 unspecified atom stereocenters. The van der Waals surface area contributed by atoms with Gasteiger partial charge in [-0.2, -0.15) is 4.73 Å². The average Bonchev–Trinajstić information content (AvgIpc) is 2.95. The zero-order valence-corrected chi connectivity index (χ0v) is 21.3. The van der Waals surface area contributed by atoms with Gasteiger partial charge in [-0.15, -0.1) is 0 Å². The van der Waals surface area contributed by atoms with Crippen LogP contribution in [-0.2, 0) is 29.5 Å². The standard InChI is InChI=1S/C27H25BrClN3O2/c1-27(21-8-10-31(11-9-21)25(33)14-18-6-12-32(34)13-7-18)24-5-4-23(29)16-19(24)2-3-20-15-22(28)17-30-26(20)27/h4-8,12-13,15-17H,2-3,9-11,14H2,1H3. The Balaban J connectivity index is 1.48. The topological polar surface area (TPSA) is 60.1 Å². The van der Waals surface area contributed by atoms with Crippen molar-refractivity contribution in [3.63, 3.8) is 0 Å². The van der Waals surface area contributed by atoms with Crippen molar-refractivity contribution in [1.29, 1.82) is 0 Å². The maximum atomic E-state index is 12.9. The minimum absolute atomic E-state index is 0.0691. The summed E-state index contributed by atoms with van der Waals surface area (Å²) in [5.74, 6) is 0.0691. The van der Waals surface area contributed by atoms with Gasteiger partial charge in [-0.3, -0.25) is 9.78 Å². The van der Waals surface area contributed by atoms with Crippen LogP contribution in [0.15, 0.2) is 71.1 Å². The molecule has 174 valence electrons. The molecule has 5 nitrogen and oxygen atoms in total. The number of rotatable bonds is 3. The molecule has 0 spiro atoms. The molecule has 0 bridgehead atoms. The Bertz CT molecular complexity index is 1240. The van der Waals surface area contributed by atoms with Gasteiger partial charge in [0.1, 0.15) is 0 Å². The number of hydrogen-bond donors (Lipinski definition) is 0. The molecule has 0 saturated heterocycles. The van der Waals surface area contributed by atoms with Crippen molar-refractivity contribution >= 4 is 33.4 Å². The van der Waals surface area contributed by atoms with Crippen LogP contribution in [0.25, 0.3) is 0 Å². The first-order valence-electron chi connectivity index (χ1n) is 11.4. The number of aryl methyl sites for hydroxylation is 2. The van der Waals surface area contributed by atoms with Crippen LogP contribution >= 0.6 is 27.5 Å². The molecule has 1 amide bonds. The van der Waals surface area contributed by atoms with Crippen LogP contribution in [0, 0.1) is 5.21 Å². The van der Waals surface area contributed by atoms with Crippen molar-refractivity contribution in [2.75, 3.05) is 13.1 Å². The summed E-state index contributed by atoms with van der Waals surface area (Å²) in [4.78, 5) is 19.7. The number of hydrogen-bond acceptors (Lipinski definition) is 3. The molecule has 0 saturated carbocycles. The van der Waals surface area contributed by atoms with E-state index < -0.39 is 0 Å². The molecular weight excluding hydrogens is 514 g/mol. The molecule has 1 atom stereocenters. The van der Waals surface area contributed by atoms with Crippen LogP contribution in [0.4, 0.5) is 0 Å². The van der Waals surface area contributed by atoms with Crippen molar-refractivity contribution < 1.29 is 9.52 Å². The molecule has 7 heteroatoms. The van der Waals surface area contributed by atoms with Crippen LogP contribution < -0.4 is 4.73 Å². The van der Waals surface area contributed by atoms with Gasteiger partial charge in [0.05, 0.1) is 17.5 Å². The maximum absolute atomic E-state index is 12.9. The first kappa shape index (κ1) is 23.1. The van der Waals surface area contributed by atoms with E-state index in [1.165, 1.54) is 34.7 Å². The molecule has 2 aliphatic rings. The lowest BCUT2D eigenvalue weighted by atomic mass is 9.69. The molecule has 0 fully saturated rings. The number of halogens is 2. The molecule has 1 aromatic carbocycles. The third-order valence-corrected chi connectivity index (χ3v) is 7.78. The molecule has 5 rings (SSSR count). The van der Waals surface area contributed by atoms with E-state index in [0.717, 1.165) is 44.7 Å². The zero-order chi connectivity index (χ0) is 23.9. The van der Waals surface area contributed by atoms with E-state index in [1.54, 1.807) is 12.1 Å². The van der Waals surface area contributed by atoms with Crippen molar-refractivity contribution in [1.82, 2.24) is 9.88 Å². The van der Waals surface area contributed by atoms with Gasteiger partial charge in [0.25, 0.3) is 0 Å². The maximum Gasteiger partial charge on any atom is 0.227 e. The quantitative estimate of drug-likeness (QED) is 0.270. The second-order valence-corrected chi connectivity index (χ2v) is 10.5. The third-order valence-electron chi connectivity index (χ3n) is 7.11. The van der Waals surface area contributed by atoms with Crippen LogP contribution in [0.2, 0.25) is 5.02 Å².